The van der Waals surface area contributed by atoms with Gasteiger partial charge in [0.15, 0.2) is 11.6 Å². The molecule has 28 heavy (non-hydrogen) atoms. The lowest BCUT2D eigenvalue weighted by Gasteiger charge is -2.32. The van der Waals surface area contributed by atoms with Gasteiger partial charge in [0, 0.05) is 35.9 Å². The van der Waals surface area contributed by atoms with Crippen LogP contribution in [0.5, 0.6) is 0 Å². The molecule has 1 aliphatic heterocycles. The number of amides is 2. The molecular formula is C20H23F2N3O2S. The Morgan fingerprint density at radius 3 is 2.82 bits per heavy atom. The molecule has 5 nitrogen and oxygen atoms in total. The lowest BCUT2D eigenvalue weighted by Crippen LogP contribution is -2.39. The van der Waals surface area contributed by atoms with Gasteiger partial charge in [0.25, 0.3) is 5.91 Å². The van der Waals surface area contributed by atoms with Crippen molar-refractivity contribution < 1.29 is 18.4 Å². The van der Waals surface area contributed by atoms with Crippen molar-refractivity contribution in [3.05, 3.63) is 51.5 Å². The molecule has 0 radical (unpaired) electrons. The van der Waals surface area contributed by atoms with Crippen molar-refractivity contribution in [1.82, 2.24) is 15.2 Å². The number of carbonyl (C=O) groups is 2. The van der Waals surface area contributed by atoms with Crippen molar-refractivity contribution in [3.8, 4) is 0 Å². The van der Waals surface area contributed by atoms with Gasteiger partial charge in [0.2, 0.25) is 5.91 Å². The molecule has 1 fully saturated rings. The Kier molecular flexibility index (Phi) is 6.39. The predicted molar refractivity (Wildman–Crippen MR) is 103 cm³/mol. The van der Waals surface area contributed by atoms with Crippen LogP contribution in [0.25, 0.3) is 0 Å². The van der Waals surface area contributed by atoms with Crippen LogP contribution >= 0.6 is 11.3 Å². The maximum absolute atomic E-state index is 13.4. The average Bonchev–Trinajstić information content (AvgIpc) is 3.16. The minimum Gasteiger partial charge on any atom is -0.350 e. The summed E-state index contributed by atoms with van der Waals surface area (Å²) in [4.78, 5) is 30.6. The molecule has 0 spiro atoms. The molecule has 2 amide bonds. The van der Waals surface area contributed by atoms with E-state index in [2.05, 4.69) is 10.3 Å². The van der Waals surface area contributed by atoms with Crippen LogP contribution in [0.15, 0.2) is 23.6 Å². The average molecular weight is 407 g/mol. The zero-order chi connectivity index (χ0) is 20.3. The van der Waals surface area contributed by atoms with Crippen LogP contribution in [0.3, 0.4) is 0 Å². The molecule has 1 saturated heterocycles. The third kappa shape index (κ3) is 4.73. The van der Waals surface area contributed by atoms with Gasteiger partial charge in [-0.2, -0.15) is 0 Å². The molecule has 1 atom stereocenters. The van der Waals surface area contributed by atoms with Crippen LogP contribution in [0.1, 0.15) is 53.7 Å². The Hall–Kier alpha value is -2.35. The van der Waals surface area contributed by atoms with E-state index in [4.69, 9.17) is 0 Å². The minimum absolute atomic E-state index is 0.0180. The van der Waals surface area contributed by atoms with Crippen LogP contribution in [0.2, 0.25) is 0 Å². The number of carbonyl (C=O) groups excluding carboxylic acids is 2. The summed E-state index contributed by atoms with van der Waals surface area (Å²) in [5.41, 5.74) is 0.953. The highest BCUT2D eigenvalue weighted by atomic mass is 32.1. The van der Waals surface area contributed by atoms with Gasteiger partial charge in [0.1, 0.15) is 0 Å². The third-order valence-electron chi connectivity index (χ3n) is 4.76. The lowest BCUT2D eigenvalue weighted by atomic mass is 9.98. The summed E-state index contributed by atoms with van der Waals surface area (Å²) in [5.74, 6) is -2.28. The fraction of sp³-hybridized carbons (Fsp3) is 0.450. The summed E-state index contributed by atoms with van der Waals surface area (Å²) in [6, 6.07) is 3.23. The maximum atomic E-state index is 13.4. The van der Waals surface area contributed by atoms with Crippen LogP contribution in [-0.4, -0.2) is 34.8 Å². The van der Waals surface area contributed by atoms with Crippen molar-refractivity contribution in [3.63, 3.8) is 0 Å². The lowest BCUT2D eigenvalue weighted by molar-refractivity contribution is -0.124. The molecular weight excluding hydrogens is 384 g/mol. The molecule has 2 heterocycles. The summed E-state index contributed by atoms with van der Waals surface area (Å²) < 4.78 is 26.6. The summed E-state index contributed by atoms with van der Waals surface area (Å²) in [6.45, 7) is 5.13. The van der Waals surface area contributed by atoms with E-state index in [1.54, 1.807) is 4.90 Å². The van der Waals surface area contributed by atoms with E-state index in [1.807, 2.05) is 19.2 Å². The maximum Gasteiger partial charge on any atom is 0.253 e. The normalized spacial score (nSPS) is 17.0. The summed E-state index contributed by atoms with van der Waals surface area (Å²) in [6.07, 6.45) is 1.73. The van der Waals surface area contributed by atoms with Gasteiger partial charge >= 0.3 is 0 Å². The number of rotatable bonds is 5. The van der Waals surface area contributed by atoms with Gasteiger partial charge in [-0.15, -0.1) is 11.3 Å². The quantitative estimate of drug-likeness (QED) is 0.822. The molecule has 1 N–H and O–H groups in total. The SMILES string of the molecule is CC(C)C(=O)NCc1csc([C@H]2CCCN(C(=O)c3ccc(F)c(F)c3)C2)n1. The number of nitrogens with zero attached hydrogens (tertiary/aromatic N) is 2. The summed E-state index contributed by atoms with van der Waals surface area (Å²) >= 11 is 1.52. The number of nitrogens with one attached hydrogen (secondary N) is 1. The molecule has 0 unspecified atom stereocenters. The van der Waals surface area contributed by atoms with E-state index in [9.17, 15) is 18.4 Å². The minimum atomic E-state index is -1.02. The second kappa shape index (κ2) is 8.77. The van der Waals surface area contributed by atoms with Crippen molar-refractivity contribution in [1.29, 1.82) is 0 Å². The van der Waals surface area contributed by atoms with E-state index in [-0.39, 0.29) is 29.2 Å². The highest BCUT2D eigenvalue weighted by molar-refractivity contribution is 7.09. The Balaban J connectivity index is 1.64. The van der Waals surface area contributed by atoms with Crippen molar-refractivity contribution in [2.24, 2.45) is 5.92 Å². The van der Waals surface area contributed by atoms with Crippen molar-refractivity contribution in [2.45, 2.75) is 39.2 Å². The highest BCUT2D eigenvalue weighted by Gasteiger charge is 2.27. The molecule has 2 aromatic rings. The van der Waals surface area contributed by atoms with Gasteiger partial charge in [-0.1, -0.05) is 13.8 Å². The monoisotopic (exact) mass is 407 g/mol. The summed E-state index contributed by atoms with van der Waals surface area (Å²) in [7, 11) is 0. The van der Waals surface area contributed by atoms with Gasteiger partial charge in [0.05, 0.1) is 17.2 Å². The number of aromatic nitrogens is 1. The van der Waals surface area contributed by atoms with Gasteiger partial charge in [-0.25, -0.2) is 13.8 Å². The molecule has 1 aromatic heterocycles. The number of likely N-dealkylation sites (tertiary alicyclic amines) is 1. The number of piperidine rings is 1. The number of halogens is 2. The fourth-order valence-electron chi connectivity index (χ4n) is 3.15. The first-order chi connectivity index (χ1) is 13.3. The fourth-order valence-corrected chi connectivity index (χ4v) is 4.10. The first-order valence-electron chi connectivity index (χ1n) is 9.31. The molecule has 0 aliphatic carbocycles. The molecule has 0 bridgehead atoms. The second-order valence-electron chi connectivity index (χ2n) is 7.27. The van der Waals surface area contributed by atoms with Crippen molar-refractivity contribution in [2.75, 3.05) is 13.1 Å². The van der Waals surface area contributed by atoms with Gasteiger partial charge < -0.3 is 10.2 Å². The highest BCUT2D eigenvalue weighted by Crippen LogP contribution is 2.30. The molecule has 1 aromatic carbocycles. The van der Waals surface area contributed by atoms with E-state index in [0.717, 1.165) is 35.7 Å². The zero-order valence-corrected chi connectivity index (χ0v) is 16.7. The third-order valence-corrected chi connectivity index (χ3v) is 5.82. The standard InChI is InChI=1S/C20H23F2N3O2S/c1-12(2)18(26)23-9-15-11-28-19(24-15)14-4-3-7-25(10-14)20(27)13-5-6-16(21)17(22)8-13/h5-6,8,11-12,14H,3-4,7,9-10H2,1-2H3,(H,23,26)/t14-/m0/s1. The number of hydrogen-bond donors (Lipinski definition) is 1. The Morgan fingerprint density at radius 1 is 1.32 bits per heavy atom. The van der Waals surface area contributed by atoms with E-state index < -0.39 is 11.6 Å². The molecule has 150 valence electrons. The zero-order valence-electron chi connectivity index (χ0n) is 15.9. The predicted octanol–water partition coefficient (Wildman–Crippen LogP) is 3.71. The first-order valence-corrected chi connectivity index (χ1v) is 10.2. The molecule has 8 heteroatoms. The van der Waals surface area contributed by atoms with E-state index >= 15 is 0 Å². The second-order valence-corrected chi connectivity index (χ2v) is 8.16. The van der Waals surface area contributed by atoms with Crippen LogP contribution in [-0.2, 0) is 11.3 Å². The topological polar surface area (TPSA) is 62.3 Å². The smallest absolute Gasteiger partial charge is 0.253 e. The molecule has 1 aliphatic rings. The summed E-state index contributed by atoms with van der Waals surface area (Å²) in [5, 5.41) is 5.70. The van der Waals surface area contributed by atoms with Crippen LogP contribution in [0, 0.1) is 17.6 Å². The molecule has 3 rings (SSSR count). The Labute approximate surface area is 166 Å². The van der Waals surface area contributed by atoms with Crippen LogP contribution in [0.4, 0.5) is 8.78 Å². The van der Waals surface area contributed by atoms with Gasteiger partial charge in [-0.05, 0) is 31.0 Å². The number of thiazole rings is 1. The van der Waals surface area contributed by atoms with Crippen molar-refractivity contribution >= 4 is 23.2 Å². The number of hydrogen-bond acceptors (Lipinski definition) is 4. The Morgan fingerprint density at radius 2 is 2.11 bits per heavy atom. The largest absolute Gasteiger partial charge is 0.350 e. The number of benzene rings is 1. The Bertz CT molecular complexity index is 869. The van der Waals surface area contributed by atoms with E-state index in [1.165, 1.54) is 17.4 Å². The van der Waals surface area contributed by atoms with Crippen LogP contribution < -0.4 is 5.32 Å². The molecule has 0 saturated carbocycles. The van der Waals surface area contributed by atoms with E-state index in [0.29, 0.717) is 19.6 Å². The van der Waals surface area contributed by atoms with Gasteiger partial charge in [-0.3, -0.25) is 9.59 Å². The first kappa shape index (κ1) is 20.4.